The van der Waals surface area contributed by atoms with Crippen molar-refractivity contribution >= 4 is 17.4 Å². The molecule has 1 aromatic heterocycles. The maximum absolute atomic E-state index is 12.5. The van der Waals surface area contributed by atoms with Crippen LogP contribution in [0, 0.1) is 6.92 Å². The molecular weight excluding hydrogens is 233 g/mol. The summed E-state index contributed by atoms with van der Waals surface area (Å²) in [6, 6.07) is 0. The summed E-state index contributed by atoms with van der Waals surface area (Å²) in [5, 5.41) is -0.470. The van der Waals surface area contributed by atoms with Crippen LogP contribution in [-0.2, 0) is 6.18 Å². The van der Waals surface area contributed by atoms with E-state index >= 15 is 0 Å². The van der Waals surface area contributed by atoms with Gasteiger partial charge in [-0.15, -0.1) is 0 Å². The molecule has 0 aliphatic rings. The molecule has 7 heteroatoms. The van der Waals surface area contributed by atoms with E-state index in [0.717, 1.165) is 6.92 Å². The number of hydrogen-bond acceptors (Lipinski definition) is 3. The summed E-state index contributed by atoms with van der Waals surface area (Å²) in [5.41, 5.74) is -1.97. The molecule has 0 saturated carbocycles. The number of Topliss-reactive ketones (excluding diaryl/α,β-unsaturated/α-hetero) is 1. The molecule has 0 aromatic carbocycles. The van der Waals surface area contributed by atoms with Crippen molar-refractivity contribution in [2.75, 3.05) is 0 Å². The lowest BCUT2D eigenvalue weighted by Crippen LogP contribution is -2.16. The molecule has 3 nitrogen and oxygen atoms in total. The van der Waals surface area contributed by atoms with Gasteiger partial charge >= 0.3 is 6.18 Å². The van der Waals surface area contributed by atoms with E-state index in [9.17, 15) is 18.0 Å². The van der Waals surface area contributed by atoms with E-state index in [1.165, 1.54) is 6.92 Å². The minimum atomic E-state index is -4.71. The van der Waals surface area contributed by atoms with E-state index < -0.39 is 28.4 Å². The van der Waals surface area contributed by atoms with Gasteiger partial charge in [-0.3, -0.25) is 4.79 Å². The molecule has 0 bridgehead atoms. The monoisotopic (exact) mass is 238 g/mol. The van der Waals surface area contributed by atoms with Crippen molar-refractivity contribution in [2.45, 2.75) is 20.0 Å². The molecule has 0 radical (unpaired) electrons. The molecule has 0 fully saturated rings. The van der Waals surface area contributed by atoms with Gasteiger partial charge in [-0.25, -0.2) is 9.97 Å². The highest BCUT2D eigenvalue weighted by atomic mass is 35.5. The van der Waals surface area contributed by atoms with E-state index in [1.54, 1.807) is 0 Å². The van der Waals surface area contributed by atoms with Crippen LogP contribution in [0.5, 0.6) is 0 Å². The van der Waals surface area contributed by atoms with Crippen LogP contribution in [0.1, 0.15) is 28.8 Å². The average molecular weight is 239 g/mol. The molecule has 0 saturated heterocycles. The first-order valence-electron chi connectivity index (χ1n) is 3.85. The van der Waals surface area contributed by atoms with Crippen molar-refractivity contribution in [3.05, 3.63) is 22.2 Å². The van der Waals surface area contributed by atoms with Crippen molar-refractivity contribution in [3.8, 4) is 0 Å². The van der Waals surface area contributed by atoms with E-state index in [4.69, 9.17) is 11.6 Å². The van der Waals surface area contributed by atoms with Gasteiger partial charge in [0.2, 0.25) is 0 Å². The Hall–Kier alpha value is -1.17. The Bertz CT molecular complexity index is 417. The number of aryl methyl sites for hydroxylation is 1. The molecule has 0 N–H and O–H groups in total. The van der Waals surface area contributed by atoms with Crippen LogP contribution in [0.25, 0.3) is 0 Å². The number of carbonyl (C=O) groups is 1. The number of aromatic nitrogens is 2. The fourth-order valence-electron chi connectivity index (χ4n) is 1.06. The molecule has 1 aromatic rings. The number of rotatable bonds is 1. The molecule has 0 aliphatic heterocycles. The molecule has 0 aliphatic carbocycles. The Morgan fingerprint density at radius 2 is 1.87 bits per heavy atom. The molecule has 15 heavy (non-hydrogen) atoms. The van der Waals surface area contributed by atoms with Gasteiger partial charge in [0.1, 0.15) is 11.0 Å². The van der Waals surface area contributed by atoms with Crippen molar-refractivity contribution in [2.24, 2.45) is 0 Å². The maximum atomic E-state index is 12.5. The zero-order valence-corrected chi connectivity index (χ0v) is 8.57. The third kappa shape index (κ3) is 2.44. The number of carbonyl (C=O) groups excluding carboxylic acids is 1. The van der Waals surface area contributed by atoms with Crippen molar-refractivity contribution in [1.29, 1.82) is 0 Å². The lowest BCUT2D eigenvalue weighted by molar-refractivity contribution is -0.141. The number of alkyl halides is 3. The van der Waals surface area contributed by atoms with Gasteiger partial charge in [-0.1, -0.05) is 11.6 Å². The second-order valence-corrected chi connectivity index (χ2v) is 3.20. The largest absolute Gasteiger partial charge is 0.434 e. The fraction of sp³-hybridized carbons (Fsp3) is 0.375. The topological polar surface area (TPSA) is 42.9 Å². The normalized spacial score (nSPS) is 11.6. The second-order valence-electron chi connectivity index (χ2n) is 2.84. The lowest BCUT2D eigenvalue weighted by atomic mass is 10.1. The van der Waals surface area contributed by atoms with Crippen LogP contribution in [-0.4, -0.2) is 15.8 Å². The summed E-state index contributed by atoms with van der Waals surface area (Å²) in [5.74, 6) is -0.940. The highest BCUT2D eigenvalue weighted by Gasteiger charge is 2.38. The summed E-state index contributed by atoms with van der Waals surface area (Å²) < 4.78 is 37.4. The number of halogens is 4. The van der Waals surface area contributed by atoms with E-state index in [0.29, 0.717) is 0 Å². The van der Waals surface area contributed by atoms with Crippen LogP contribution in [0.2, 0.25) is 5.15 Å². The van der Waals surface area contributed by atoms with Crippen molar-refractivity contribution in [1.82, 2.24) is 9.97 Å². The van der Waals surface area contributed by atoms with Gasteiger partial charge in [0.15, 0.2) is 11.5 Å². The molecule has 0 spiro atoms. The van der Waals surface area contributed by atoms with Crippen LogP contribution >= 0.6 is 11.6 Å². The molecule has 0 unspecified atom stereocenters. The highest BCUT2D eigenvalue weighted by Crippen LogP contribution is 2.33. The third-order valence-corrected chi connectivity index (χ3v) is 1.87. The Balaban J connectivity index is 3.54. The quantitative estimate of drug-likeness (QED) is 0.558. The van der Waals surface area contributed by atoms with Gasteiger partial charge in [-0.2, -0.15) is 13.2 Å². The Morgan fingerprint density at radius 1 is 1.33 bits per heavy atom. The molecule has 0 amide bonds. The first-order chi connectivity index (χ1) is 6.73. The number of hydrogen-bond donors (Lipinski definition) is 0. The first-order valence-corrected chi connectivity index (χ1v) is 4.23. The summed E-state index contributed by atoms with van der Waals surface area (Å²) in [6.07, 6.45) is -4.71. The SMILES string of the molecule is CC(=O)c1c(Cl)nc(C)nc1C(F)(F)F. The zero-order chi connectivity index (χ0) is 11.8. The summed E-state index contributed by atoms with van der Waals surface area (Å²) in [4.78, 5) is 17.7. The second kappa shape index (κ2) is 3.77. The number of ketones is 1. The lowest BCUT2D eigenvalue weighted by Gasteiger charge is -2.11. The van der Waals surface area contributed by atoms with Gasteiger partial charge in [0.05, 0.1) is 5.56 Å². The Labute approximate surface area is 88.3 Å². The predicted molar refractivity (Wildman–Crippen MR) is 46.8 cm³/mol. The van der Waals surface area contributed by atoms with Crippen LogP contribution < -0.4 is 0 Å². The molecular formula is C8H6ClF3N2O. The average Bonchev–Trinajstić information content (AvgIpc) is 1.99. The first kappa shape index (κ1) is 11.9. The van der Waals surface area contributed by atoms with Crippen LogP contribution in [0.4, 0.5) is 13.2 Å². The van der Waals surface area contributed by atoms with Crippen molar-refractivity contribution in [3.63, 3.8) is 0 Å². The standard InChI is InChI=1S/C8H6ClF3N2O/c1-3(15)5-6(8(10,11)12)13-4(2)14-7(5)9/h1-2H3. The Kier molecular flexibility index (Phi) is 2.99. The van der Waals surface area contributed by atoms with E-state index in [1.807, 2.05) is 0 Å². The van der Waals surface area contributed by atoms with E-state index in [2.05, 4.69) is 9.97 Å². The Morgan fingerprint density at radius 3 is 2.27 bits per heavy atom. The summed E-state index contributed by atoms with van der Waals surface area (Å²) >= 11 is 5.46. The predicted octanol–water partition coefficient (Wildman–Crippen LogP) is 2.66. The van der Waals surface area contributed by atoms with Crippen LogP contribution in [0.3, 0.4) is 0 Å². The van der Waals surface area contributed by atoms with Gasteiger partial charge in [0, 0.05) is 0 Å². The molecule has 1 heterocycles. The highest BCUT2D eigenvalue weighted by molar-refractivity contribution is 6.32. The van der Waals surface area contributed by atoms with Gasteiger partial charge in [0.25, 0.3) is 0 Å². The van der Waals surface area contributed by atoms with Crippen LogP contribution in [0.15, 0.2) is 0 Å². The minimum absolute atomic E-state index is 0.127. The third-order valence-electron chi connectivity index (χ3n) is 1.60. The molecule has 1 rings (SSSR count). The fourth-order valence-corrected chi connectivity index (χ4v) is 1.40. The van der Waals surface area contributed by atoms with E-state index in [-0.39, 0.29) is 5.82 Å². The van der Waals surface area contributed by atoms with Gasteiger partial charge < -0.3 is 0 Å². The summed E-state index contributed by atoms with van der Waals surface area (Å²) in [7, 11) is 0. The number of nitrogens with zero attached hydrogens (tertiary/aromatic N) is 2. The van der Waals surface area contributed by atoms with Gasteiger partial charge in [-0.05, 0) is 13.8 Å². The molecule has 82 valence electrons. The smallest absolute Gasteiger partial charge is 0.294 e. The zero-order valence-electron chi connectivity index (χ0n) is 7.81. The summed E-state index contributed by atoms with van der Waals surface area (Å²) in [6.45, 7) is 2.25. The van der Waals surface area contributed by atoms with Crippen molar-refractivity contribution < 1.29 is 18.0 Å². The molecule has 0 atom stereocenters. The minimum Gasteiger partial charge on any atom is -0.294 e. The maximum Gasteiger partial charge on any atom is 0.434 e.